The molecule has 1 amide bonds. The normalized spacial score (nSPS) is 11.0. The Morgan fingerprint density at radius 3 is 2.60 bits per heavy atom. The number of primary amides is 1. The van der Waals surface area contributed by atoms with Crippen LogP contribution in [0.15, 0.2) is 53.5 Å². The first-order chi connectivity index (χ1) is 12.1. The van der Waals surface area contributed by atoms with E-state index in [9.17, 15) is 4.79 Å². The van der Waals surface area contributed by atoms with Crippen molar-refractivity contribution in [3.63, 3.8) is 0 Å². The van der Waals surface area contributed by atoms with Crippen molar-refractivity contribution in [2.24, 2.45) is 10.7 Å². The number of benzene rings is 2. The van der Waals surface area contributed by atoms with E-state index in [1.807, 2.05) is 43.3 Å². The summed E-state index contributed by atoms with van der Waals surface area (Å²) in [6.45, 7) is 3.85. The van der Waals surface area contributed by atoms with Crippen LogP contribution in [0.4, 0.5) is 0 Å². The van der Waals surface area contributed by atoms with Gasteiger partial charge in [-0.3, -0.25) is 4.79 Å². The Morgan fingerprint density at radius 1 is 1.12 bits per heavy atom. The van der Waals surface area contributed by atoms with Crippen molar-refractivity contribution in [3.05, 3.63) is 65.2 Å². The first-order valence-corrected chi connectivity index (χ1v) is 8.16. The average molecular weight is 340 g/mol. The van der Waals surface area contributed by atoms with E-state index in [4.69, 9.17) is 10.5 Å². The second-order valence-electron chi connectivity index (χ2n) is 5.46. The molecule has 0 saturated carbocycles. The third kappa shape index (κ3) is 5.84. The highest BCUT2D eigenvalue weighted by Crippen LogP contribution is 2.12. The predicted molar refractivity (Wildman–Crippen MR) is 99.6 cm³/mol. The Balaban J connectivity index is 2.02. The number of hydrogen-bond donors (Lipinski definition) is 3. The van der Waals surface area contributed by atoms with Gasteiger partial charge in [-0.05, 0) is 42.3 Å². The summed E-state index contributed by atoms with van der Waals surface area (Å²) in [6, 6.07) is 15.1. The summed E-state index contributed by atoms with van der Waals surface area (Å²) >= 11 is 0. The number of guanidine groups is 1. The van der Waals surface area contributed by atoms with Gasteiger partial charge in [-0.15, -0.1) is 0 Å². The molecule has 4 N–H and O–H groups in total. The minimum atomic E-state index is -0.436. The van der Waals surface area contributed by atoms with E-state index < -0.39 is 5.91 Å². The molecule has 0 fully saturated rings. The first-order valence-electron chi connectivity index (χ1n) is 8.16. The van der Waals surface area contributed by atoms with Crippen molar-refractivity contribution in [1.82, 2.24) is 10.6 Å². The minimum absolute atomic E-state index is 0.436. The summed E-state index contributed by atoms with van der Waals surface area (Å²) in [6.07, 6.45) is 0. The fourth-order valence-electron chi connectivity index (χ4n) is 2.30. The highest BCUT2D eigenvalue weighted by atomic mass is 16.5. The van der Waals surface area contributed by atoms with Crippen LogP contribution >= 0.6 is 0 Å². The van der Waals surface area contributed by atoms with Gasteiger partial charge in [0.2, 0.25) is 5.91 Å². The fraction of sp³-hybridized carbons (Fsp3) is 0.263. The third-order valence-electron chi connectivity index (χ3n) is 3.57. The molecule has 0 atom stereocenters. The highest BCUT2D eigenvalue weighted by Gasteiger charge is 2.03. The van der Waals surface area contributed by atoms with Crippen LogP contribution < -0.4 is 21.1 Å². The number of carbonyl (C=O) groups excluding carboxylic acids is 1. The predicted octanol–water partition coefficient (Wildman–Crippen LogP) is 2.05. The molecule has 0 unspecified atom stereocenters. The van der Waals surface area contributed by atoms with Crippen molar-refractivity contribution < 1.29 is 9.53 Å². The number of nitrogens with zero attached hydrogens (tertiary/aromatic N) is 1. The van der Waals surface area contributed by atoms with Gasteiger partial charge < -0.3 is 21.1 Å². The number of rotatable bonds is 7. The molecule has 0 saturated heterocycles. The summed E-state index contributed by atoms with van der Waals surface area (Å²) in [5, 5.41) is 6.49. The smallest absolute Gasteiger partial charge is 0.248 e. The minimum Gasteiger partial charge on any atom is -0.497 e. The van der Waals surface area contributed by atoms with Gasteiger partial charge in [-0.25, -0.2) is 4.99 Å². The Morgan fingerprint density at radius 2 is 1.88 bits per heavy atom. The maximum Gasteiger partial charge on any atom is 0.248 e. The number of hydrogen-bond acceptors (Lipinski definition) is 3. The maximum atomic E-state index is 11.3. The van der Waals surface area contributed by atoms with Crippen molar-refractivity contribution >= 4 is 11.9 Å². The number of methoxy groups -OCH3 is 1. The molecule has 132 valence electrons. The quantitative estimate of drug-likeness (QED) is 0.532. The number of aliphatic imine (C=N–C) groups is 1. The van der Waals surface area contributed by atoms with E-state index in [0.717, 1.165) is 23.4 Å². The molecule has 2 aromatic carbocycles. The van der Waals surface area contributed by atoms with Gasteiger partial charge in [0.05, 0.1) is 13.7 Å². The van der Waals surface area contributed by atoms with Crippen LogP contribution in [0.5, 0.6) is 5.75 Å². The molecule has 2 rings (SSSR count). The number of ether oxygens (including phenoxy) is 1. The molecule has 6 nitrogen and oxygen atoms in total. The monoisotopic (exact) mass is 340 g/mol. The van der Waals surface area contributed by atoms with E-state index in [1.54, 1.807) is 19.2 Å². The van der Waals surface area contributed by atoms with E-state index >= 15 is 0 Å². The lowest BCUT2D eigenvalue weighted by molar-refractivity contribution is 0.1000. The summed E-state index contributed by atoms with van der Waals surface area (Å²) < 4.78 is 5.23. The van der Waals surface area contributed by atoms with Crippen LogP contribution in [0.2, 0.25) is 0 Å². The average Bonchev–Trinajstić information content (AvgIpc) is 2.64. The topological polar surface area (TPSA) is 88.7 Å². The van der Waals surface area contributed by atoms with Crippen LogP contribution in [0, 0.1) is 0 Å². The molecule has 0 bridgehead atoms. The largest absolute Gasteiger partial charge is 0.497 e. The molecule has 0 heterocycles. The molecule has 2 aromatic rings. The van der Waals surface area contributed by atoms with Crippen molar-refractivity contribution in [1.29, 1.82) is 0 Å². The molecule has 0 spiro atoms. The zero-order valence-electron chi connectivity index (χ0n) is 14.6. The fourth-order valence-corrected chi connectivity index (χ4v) is 2.30. The molecule has 0 radical (unpaired) electrons. The van der Waals surface area contributed by atoms with E-state index in [1.165, 1.54) is 0 Å². The van der Waals surface area contributed by atoms with Crippen molar-refractivity contribution in [2.75, 3.05) is 13.7 Å². The Hall–Kier alpha value is -3.02. The second kappa shape index (κ2) is 9.32. The van der Waals surface area contributed by atoms with Crippen LogP contribution in [-0.2, 0) is 13.1 Å². The zero-order valence-corrected chi connectivity index (χ0v) is 14.6. The van der Waals surface area contributed by atoms with E-state index in [-0.39, 0.29) is 0 Å². The zero-order chi connectivity index (χ0) is 18.1. The second-order valence-corrected chi connectivity index (χ2v) is 5.46. The van der Waals surface area contributed by atoms with E-state index in [2.05, 4.69) is 15.6 Å². The van der Waals surface area contributed by atoms with Crippen LogP contribution in [0.3, 0.4) is 0 Å². The van der Waals surface area contributed by atoms with Crippen LogP contribution in [0.1, 0.15) is 28.4 Å². The lowest BCUT2D eigenvalue weighted by atomic mass is 10.1. The van der Waals surface area contributed by atoms with Gasteiger partial charge in [0.1, 0.15) is 5.75 Å². The molecular formula is C19H24N4O2. The molecule has 0 aromatic heterocycles. The highest BCUT2D eigenvalue weighted by molar-refractivity contribution is 5.92. The Kier molecular flexibility index (Phi) is 6.83. The maximum absolute atomic E-state index is 11.3. The van der Waals surface area contributed by atoms with Crippen LogP contribution in [0.25, 0.3) is 0 Å². The van der Waals surface area contributed by atoms with Gasteiger partial charge in [0, 0.05) is 18.7 Å². The summed E-state index contributed by atoms with van der Waals surface area (Å²) in [5.41, 5.74) is 7.82. The Bertz CT molecular complexity index is 744. The number of nitrogens with one attached hydrogen (secondary N) is 2. The molecular weight excluding hydrogens is 316 g/mol. The standard InChI is InChI=1S/C19H24N4O2/c1-3-21-19(23-13-15-7-5-9-17(11-15)25-2)22-12-14-6-4-8-16(10-14)18(20)24/h4-11H,3,12-13H2,1-2H3,(H2,20,24)(H2,21,22,23). The van der Waals surface area contributed by atoms with E-state index in [0.29, 0.717) is 24.6 Å². The van der Waals surface area contributed by atoms with Crippen molar-refractivity contribution in [3.8, 4) is 5.75 Å². The Labute approximate surface area is 148 Å². The van der Waals surface area contributed by atoms with Gasteiger partial charge in [0.15, 0.2) is 5.96 Å². The molecule has 0 aliphatic rings. The lowest BCUT2D eigenvalue weighted by Gasteiger charge is -2.12. The third-order valence-corrected chi connectivity index (χ3v) is 3.57. The van der Waals surface area contributed by atoms with Gasteiger partial charge in [0.25, 0.3) is 0 Å². The SMILES string of the molecule is CCNC(=NCc1cccc(C(N)=O)c1)NCc1cccc(OC)c1. The number of carbonyl (C=O) groups is 1. The number of nitrogens with two attached hydrogens (primary N) is 1. The lowest BCUT2D eigenvalue weighted by Crippen LogP contribution is -2.36. The summed E-state index contributed by atoms with van der Waals surface area (Å²) in [4.78, 5) is 15.8. The molecule has 0 aliphatic heterocycles. The molecule has 0 aliphatic carbocycles. The van der Waals surface area contributed by atoms with Crippen LogP contribution in [-0.4, -0.2) is 25.5 Å². The van der Waals surface area contributed by atoms with Gasteiger partial charge >= 0.3 is 0 Å². The summed E-state index contributed by atoms with van der Waals surface area (Å²) in [5.74, 6) is 1.09. The van der Waals surface area contributed by atoms with Gasteiger partial charge in [-0.2, -0.15) is 0 Å². The molecule has 6 heteroatoms. The number of amides is 1. The first kappa shape index (κ1) is 18.3. The van der Waals surface area contributed by atoms with Crippen molar-refractivity contribution in [2.45, 2.75) is 20.0 Å². The summed E-state index contributed by atoms with van der Waals surface area (Å²) in [7, 11) is 1.65. The molecule has 25 heavy (non-hydrogen) atoms. The van der Waals surface area contributed by atoms with Gasteiger partial charge in [-0.1, -0.05) is 24.3 Å².